The van der Waals surface area contributed by atoms with E-state index in [1.807, 2.05) is 0 Å². The number of nitrogens with zero attached hydrogens (tertiary/aromatic N) is 1. The van der Waals surface area contributed by atoms with Crippen LogP contribution in [0, 0.1) is 0 Å². The van der Waals surface area contributed by atoms with Gasteiger partial charge in [-0.05, 0) is 0 Å². The molecule has 0 saturated heterocycles. The zero-order chi connectivity index (χ0) is 18.9. The number of rotatable bonds is 19. The average molecular weight is 356 g/mol. The van der Waals surface area contributed by atoms with Crippen molar-refractivity contribution in [3.05, 3.63) is 12.2 Å². The molecule has 0 heterocycles. The quantitative estimate of drug-likeness (QED) is 0.132. The van der Waals surface area contributed by atoms with Gasteiger partial charge in [-0.3, -0.25) is 0 Å². The number of hydrogen-bond donors (Lipinski definition) is 0. The van der Waals surface area contributed by atoms with Crippen LogP contribution in [0.1, 0.15) is 117 Å². The van der Waals surface area contributed by atoms with Crippen LogP contribution in [0.25, 0.3) is 0 Å². The SMILES string of the molecule is [Li][CH]1C=CC1N(CCCCCCCCCC)CCCCCCCCCC. The summed E-state index contributed by atoms with van der Waals surface area (Å²) < 4.78 is 0.776. The van der Waals surface area contributed by atoms with Crippen molar-refractivity contribution in [1.82, 2.24) is 4.90 Å². The van der Waals surface area contributed by atoms with Gasteiger partial charge in [-0.25, -0.2) is 0 Å². The minimum absolute atomic E-state index is 0.740. The molecule has 2 heteroatoms. The van der Waals surface area contributed by atoms with E-state index >= 15 is 0 Å². The first-order valence-electron chi connectivity index (χ1n) is 12.2. The van der Waals surface area contributed by atoms with Crippen LogP contribution < -0.4 is 0 Å². The molecule has 0 fully saturated rings. The molecule has 1 rings (SSSR count). The van der Waals surface area contributed by atoms with Gasteiger partial charge in [-0.15, -0.1) is 0 Å². The summed E-state index contributed by atoms with van der Waals surface area (Å²) >= 11 is 2.39. The van der Waals surface area contributed by atoms with Crippen molar-refractivity contribution in [1.29, 1.82) is 0 Å². The van der Waals surface area contributed by atoms with Gasteiger partial charge in [0.05, 0.1) is 0 Å². The van der Waals surface area contributed by atoms with E-state index in [2.05, 4.69) is 48.6 Å². The number of unbranched alkanes of at least 4 members (excludes halogenated alkanes) is 14. The normalized spacial score (nSPS) is 19.3. The molecule has 1 nitrogen and oxygen atoms in total. The molecule has 0 radical (unpaired) electrons. The topological polar surface area (TPSA) is 3.24 Å². The van der Waals surface area contributed by atoms with Crippen LogP contribution in [0.3, 0.4) is 0 Å². The van der Waals surface area contributed by atoms with Gasteiger partial charge in [0, 0.05) is 0 Å². The van der Waals surface area contributed by atoms with Gasteiger partial charge in [0.15, 0.2) is 0 Å². The van der Waals surface area contributed by atoms with Crippen molar-refractivity contribution in [3.63, 3.8) is 0 Å². The number of hydrogen-bond acceptors (Lipinski definition) is 1. The van der Waals surface area contributed by atoms with Crippen molar-refractivity contribution in [2.24, 2.45) is 0 Å². The zero-order valence-corrected chi connectivity index (χ0v) is 18.5. The van der Waals surface area contributed by atoms with E-state index < -0.39 is 0 Å². The second kappa shape index (κ2) is 17.4. The van der Waals surface area contributed by atoms with Crippen molar-refractivity contribution in [3.8, 4) is 0 Å². The Morgan fingerprint density at radius 2 is 0.962 bits per heavy atom. The fraction of sp³-hybridized carbons (Fsp3) is 0.917. The first-order chi connectivity index (χ1) is 12.8. The second-order valence-electron chi connectivity index (χ2n) is 8.72. The third kappa shape index (κ3) is 11.9. The van der Waals surface area contributed by atoms with Gasteiger partial charge in [0.2, 0.25) is 0 Å². The fourth-order valence-electron chi connectivity index (χ4n) is 4.19. The van der Waals surface area contributed by atoms with Gasteiger partial charge in [-0.1, -0.05) is 13.8 Å². The van der Waals surface area contributed by atoms with E-state index in [0.29, 0.717) is 0 Å². The Balaban J connectivity index is 2.06. The first-order valence-corrected chi connectivity index (χ1v) is 12.2. The molecule has 0 amide bonds. The molecule has 0 saturated carbocycles. The van der Waals surface area contributed by atoms with Crippen LogP contribution in [0.4, 0.5) is 0 Å². The Bertz CT molecular complexity index is 308. The Labute approximate surface area is 175 Å². The minimum Gasteiger partial charge on any atom is -0.0654 e. The Morgan fingerprint density at radius 1 is 0.577 bits per heavy atom. The minimum atomic E-state index is 0.740. The van der Waals surface area contributed by atoms with E-state index in [-0.39, 0.29) is 0 Å². The predicted molar refractivity (Wildman–Crippen MR) is 119 cm³/mol. The Hall–Kier alpha value is 0.297. The van der Waals surface area contributed by atoms with Crippen molar-refractivity contribution >= 4 is 17.7 Å². The molecule has 26 heavy (non-hydrogen) atoms. The molecule has 148 valence electrons. The van der Waals surface area contributed by atoms with Gasteiger partial charge in [-0.2, -0.15) is 0 Å². The van der Waals surface area contributed by atoms with E-state index in [1.54, 1.807) is 0 Å². The third-order valence-electron chi connectivity index (χ3n) is 6.17. The molecule has 1 aliphatic rings. The molecule has 2 atom stereocenters. The van der Waals surface area contributed by atoms with Gasteiger partial charge in [0.25, 0.3) is 0 Å². The summed E-state index contributed by atoms with van der Waals surface area (Å²) in [6.45, 7) is 7.25. The van der Waals surface area contributed by atoms with Crippen LogP contribution >= 0.6 is 0 Å². The second-order valence-corrected chi connectivity index (χ2v) is 8.72. The van der Waals surface area contributed by atoms with Crippen LogP contribution in [-0.4, -0.2) is 41.7 Å². The maximum atomic E-state index is 2.79. The fourth-order valence-corrected chi connectivity index (χ4v) is 4.19. The molecule has 0 aromatic carbocycles. The molecule has 0 bridgehead atoms. The molecule has 2 unspecified atom stereocenters. The first kappa shape index (κ1) is 24.3. The van der Waals surface area contributed by atoms with E-state index in [1.165, 1.54) is 116 Å². The van der Waals surface area contributed by atoms with Crippen LogP contribution in [0.5, 0.6) is 0 Å². The summed E-state index contributed by atoms with van der Waals surface area (Å²) in [6, 6.07) is 0.740. The molecule has 0 aromatic rings. The smallest absolute Gasteiger partial charge is 0.0654 e. The molecule has 0 aromatic heterocycles. The summed E-state index contributed by atoms with van der Waals surface area (Å²) in [6.07, 6.45) is 27.7. The van der Waals surface area contributed by atoms with Crippen LogP contribution in [-0.2, 0) is 0 Å². The maximum absolute atomic E-state index is 2.79. The molecule has 0 aliphatic heterocycles. The predicted octanol–water partition coefficient (Wildman–Crippen LogP) is 7.47. The summed E-state index contributed by atoms with van der Waals surface area (Å²) in [5, 5.41) is 0. The van der Waals surface area contributed by atoms with Crippen LogP contribution in [0.15, 0.2) is 12.2 Å². The Morgan fingerprint density at radius 3 is 1.27 bits per heavy atom. The zero-order valence-electron chi connectivity index (χ0n) is 18.5. The van der Waals surface area contributed by atoms with E-state index in [0.717, 1.165) is 10.6 Å². The summed E-state index contributed by atoms with van der Waals surface area (Å²) in [5.41, 5.74) is 0. The average Bonchev–Trinajstić information content (AvgIpc) is 2.64. The summed E-state index contributed by atoms with van der Waals surface area (Å²) in [7, 11) is 0. The summed E-state index contributed by atoms with van der Waals surface area (Å²) in [4.78, 5) is 2.79. The van der Waals surface area contributed by atoms with Crippen molar-refractivity contribution in [2.75, 3.05) is 13.1 Å². The molecular formula is C24H46LiN. The van der Waals surface area contributed by atoms with Gasteiger partial charge in [0.1, 0.15) is 0 Å². The van der Waals surface area contributed by atoms with Gasteiger partial charge >= 0.3 is 161 Å². The van der Waals surface area contributed by atoms with Crippen molar-refractivity contribution in [2.45, 2.75) is 127 Å². The van der Waals surface area contributed by atoms with E-state index in [9.17, 15) is 0 Å². The van der Waals surface area contributed by atoms with Crippen molar-refractivity contribution < 1.29 is 0 Å². The monoisotopic (exact) mass is 355 g/mol. The standard InChI is InChI=1S/C24H46N.Li/c1-3-5-7-9-11-13-15-17-22-25(24-20-19-21-24)23-18-16-14-12-10-8-6-4-2;/h19-21,24H,3-18,22-23H2,1-2H3;. The Kier molecular flexibility index (Phi) is 16.3. The third-order valence-corrected chi connectivity index (χ3v) is 6.17. The van der Waals surface area contributed by atoms with E-state index in [4.69, 9.17) is 0 Å². The molecular weight excluding hydrogens is 309 g/mol. The van der Waals surface area contributed by atoms with Gasteiger partial charge < -0.3 is 0 Å². The molecule has 0 N–H and O–H groups in total. The molecule has 0 spiro atoms. The van der Waals surface area contributed by atoms with Crippen LogP contribution in [0.2, 0.25) is 4.59 Å². The molecule has 1 aliphatic carbocycles. The summed E-state index contributed by atoms with van der Waals surface area (Å²) in [5.74, 6) is 0.